The van der Waals surface area contributed by atoms with Gasteiger partial charge in [0.05, 0.1) is 25.7 Å². The van der Waals surface area contributed by atoms with Crippen LogP contribution in [0.2, 0.25) is 0 Å². The minimum atomic E-state index is -1.23. The van der Waals surface area contributed by atoms with Gasteiger partial charge >= 0.3 is 5.69 Å². The quantitative estimate of drug-likeness (QED) is 0.607. The number of nitrogens with zero attached hydrogens (tertiary/aromatic N) is 4. The van der Waals surface area contributed by atoms with Crippen molar-refractivity contribution in [2.75, 3.05) is 18.0 Å². The topological polar surface area (TPSA) is 89.2 Å². The first-order chi connectivity index (χ1) is 11.1. The Morgan fingerprint density at radius 3 is 2.78 bits per heavy atom. The highest BCUT2D eigenvalue weighted by molar-refractivity contribution is 7.86. The van der Waals surface area contributed by atoms with Crippen LogP contribution in [0.3, 0.4) is 0 Å². The lowest BCUT2D eigenvalue weighted by atomic mass is 10.1. The van der Waals surface area contributed by atoms with E-state index in [2.05, 4.69) is 9.97 Å². The summed E-state index contributed by atoms with van der Waals surface area (Å²) in [5.74, 6) is 0.894. The van der Waals surface area contributed by atoms with Gasteiger partial charge in [-0.05, 0) is 30.7 Å². The van der Waals surface area contributed by atoms with Gasteiger partial charge in [0.15, 0.2) is 0 Å². The Balaban J connectivity index is 1.87. The molecule has 3 rings (SSSR count). The van der Waals surface area contributed by atoms with Gasteiger partial charge in [0.2, 0.25) is 5.82 Å². The fourth-order valence-electron chi connectivity index (χ4n) is 2.52. The Morgan fingerprint density at radius 1 is 1.35 bits per heavy atom. The number of piperidine rings is 1. The highest BCUT2D eigenvalue weighted by Crippen LogP contribution is 2.28. The van der Waals surface area contributed by atoms with E-state index >= 15 is 0 Å². The molecule has 1 saturated heterocycles. The van der Waals surface area contributed by atoms with E-state index in [9.17, 15) is 14.3 Å². The van der Waals surface area contributed by atoms with Crippen molar-refractivity contribution in [2.45, 2.75) is 29.2 Å². The molecular formula is C14H16N4O3S2. The van der Waals surface area contributed by atoms with Crippen LogP contribution in [-0.2, 0) is 16.6 Å². The zero-order valence-corrected chi connectivity index (χ0v) is 14.0. The van der Waals surface area contributed by atoms with Crippen LogP contribution in [0.1, 0.15) is 25.1 Å². The summed E-state index contributed by atoms with van der Waals surface area (Å²) in [7, 11) is -1.23. The average molecular weight is 352 g/mol. The Hall–Kier alpha value is -1.87. The van der Waals surface area contributed by atoms with Crippen LogP contribution < -0.4 is 4.90 Å². The van der Waals surface area contributed by atoms with Crippen LogP contribution in [0.25, 0.3) is 0 Å². The van der Waals surface area contributed by atoms with E-state index in [1.54, 1.807) is 6.07 Å². The first-order valence-electron chi connectivity index (χ1n) is 7.32. The molecule has 2 aromatic rings. The second-order valence-electron chi connectivity index (χ2n) is 5.22. The van der Waals surface area contributed by atoms with Gasteiger partial charge in [0.25, 0.3) is 0 Å². The molecule has 1 aliphatic rings. The third kappa shape index (κ3) is 3.73. The fraction of sp³-hybridized carbons (Fsp3) is 0.429. The van der Waals surface area contributed by atoms with Gasteiger partial charge in [-0.1, -0.05) is 6.07 Å². The molecule has 0 aromatic carbocycles. The molecule has 0 radical (unpaired) electrons. The van der Waals surface area contributed by atoms with Crippen molar-refractivity contribution in [1.29, 1.82) is 0 Å². The molecule has 1 aliphatic heterocycles. The maximum absolute atomic E-state index is 12.3. The Morgan fingerprint density at radius 2 is 2.13 bits per heavy atom. The first-order valence-corrected chi connectivity index (χ1v) is 9.52. The van der Waals surface area contributed by atoms with Crippen LogP contribution in [0.4, 0.5) is 11.5 Å². The maximum Gasteiger partial charge on any atom is 0.329 e. The molecule has 0 amide bonds. The third-order valence-corrected chi connectivity index (χ3v) is 6.25. The van der Waals surface area contributed by atoms with E-state index in [4.69, 9.17) is 0 Å². The van der Waals surface area contributed by atoms with E-state index in [1.165, 1.54) is 17.5 Å². The summed E-state index contributed by atoms with van der Waals surface area (Å²) in [6.45, 7) is 1.51. The van der Waals surface area contributed by atoms with Crippen LogP contribution in [0.15, 0.2) is 27.9 Å². The molecule has 1 atom stereocenters. The Kier molecular flexibility index (Phi) is 4.97. The molecule has 0 spiro atoms. The number of hydrogen-bond acceptors (Lipinski definition) is 7. The number of anilines is 1. The predicted molar refractivity (Wildman–Crippen MR) is 89.2 cm³/mol. The SMILES string of the molecule is O=[N+]([O-])c1cnc(CS(=O)c2cccs2)nc1N1CCCCC1. The smallest absolute Gasteiger partial charge is 0.329 e. The highest BCUT2D eigenvalue weighted by atomic mass is 32.2. The van der Waals surface area contributed by atoms with Gasteiger partial charge in [-0.2, -0.15) is 0 Å². The fourth-order valence-corrected chi connectivity index (χ4v) is 4.49. The van der Waals surface area contributed by atoms with Crippen molar-refractivity contribution >= 4 is 33.6 Å². The molecule has 9 heteroatoms. The molecular weight excluding hydrogens is 336 g/mol. The van der Waals surface area contributed by atoms with Gasteiger partial charge in [0, 0.05) is 13.1 Å². The number of rotatable bonds is 5. The minimum absolute atomic E-state index is 0.0856. The maximum atomic E-state index is 12.3. The number of hydrogen-bond donors (Lipinski definition) is 0. The molecule has 2 aromatic heterocycles. The summed E-state index contributed by atoms with van der Waals surface area (Å²) < 4.78 is 13.0. The Bertz CT molecular complexity index is 715. The summed E-state index contributed by atoms with van der Waals surface area (Å²) in [4.78, 5) is 21.1. The third-order valence-electron chi connectivity index (χ3n) is 3.63. The zero-order valence-electron chi connectivity index (χ0n) is 12.4. The van der Waals surface area contributed by atoms with Crippen molar-refractivity contribution in [1.82, 2.24) is 9.97 Å². The average Bonchev–Trinajstić information content (AvgIpc) is 3.10. The molecule has 0 bridgehead atoms. The first kappa shape index (κ1) is 16.0. The summed E-state index contributed by atoms with van der Waals surface area (Å²) >= 11 is 1.42. The molecule has 1 unspecified atom stereocenters. The molecule has 0 aliphatic carbocycles. The highest BCUT2D eigenvalue weighted by Gasteiger charge is 2.24. The van der Waals surface area contributed by atoms with Crippen LogP contribution in [0, 0.1) is 10.1 Å². The van der Waals surface area contributed by atoms with Crippen molar-refractivity contribution < 1.29 is 9.13 Å². The lowest BCUT2D eigenvalue weighted by Gasteiger charge is -2.27. The molecule has 23 heavy (non-hydrogen) atoms. The lowest BCUT2D eigenvalue weighted by molar-refractivity contribution is -0.384. The monoisotopic (exact) mass is 352 g/mol. The summed E-state index contributed by atoms with van der Waals surface area (Å²) in [6.07, 6.45) is 4.36. The second-order valence-corrected chi connectivity index (χ2v) is 7.85. The summed E-state index contributed by atoms with van der Waals surface area (Å²) in [5, 5.41) is 13.1. The van der Waals surface area contributed by atoms with Crippen molar-refractivity contribution in [2.24, 2.45) is 0 Å². The normalized spacial score (nSPS) is 16.3. The van der Waals surface area contributed by atoms with E-state index in [-0.39, 0.29) is 11.4 Å². The molecule has 0 N–H and O–H groups in total. The van der Waals surface area contributed by atoms with E-state index in [0.717, 1.165) is 36.6 Å². The lowest BCUT2D eigenvalue weighted by Crippen LogP contribution is -2.31. The van der Waals surface area contributed by atoms with Crippen molar-refractivity contribution in [3.63, 3.8) is 0 Å². The van der Waals surface area contributed by atoms with E-state index in [0.29, 0.717) is 11.6 Å². The number of thiophene rings is 1. The van der Waals surface area contributed by atoms with Gasteiger partial charge < -0.3 is 4.90 Å². The predicted octanol–water partition coefficient (Wildman–Crippen LogP) is 2.74. The van der Waals surface area contributed by atoms with E-state index < -0.39 is 15.7 Å². The van der Waals surface area contributed by atoms with Crippen LogP contribution >= 0.6 is 11.3 Å². The standard InChI is InChI=1S/C14H16N4O3S2/c19-18(20)11-9-15-12(10-23(21)13-5-4-8-22-13)16-14(11)17-6-2-1-3-7-17/h4-5,8-9H,1-3,6-7,10H2. The van der Waals surface area contributed by atoms with Crippen LogP contribution in [-0.4, -0.2) is 32.2 Å². The van der Waals surface area contributed by atoms with Crippen molar-refractivity contribution in [3.05, 3.63) is 39.6 Å². The molecule has 0 saturated carbocycles. The largest absolute Gasteiger partial charge is 0.351 e. The van der Waals surface area contributed by atoms with Crippen LogP contribution in [0.5, 0.6) is 0 Å². The van der Waals surface area contributed by atoms with Gasteiger partial charge in [0.1, 0.15) is 12.0 Å². The molecule has 7 nitrogen and oxygen atoms in total. The zero-order chi connectivity index (χ0) is 16.2. The van der Waals surface area contributed by atoms with Gasteiger partial charge in [-0.15, -0.1) is 11.3 Å². The molecule has 3 heterocycles. The number of nitro groups is 1. The van der Waals surface area contributed by atoms with E-state index in [1.807, 2.05) is 16.3 Å². The molecule has 1 fully saturated rings. The molecule has 122 valence electrons. The summed E-state index contributed by atoms with van der Waals surface area (Å²) in [5.41, 5.74) is -0.0856. The van der Waals surface area contributed by atoms with Gasteiger partial charge in [-0.3, -0.25) is 14.3 Å². The second kappa shape index (κ2) is 7.14. The minimum Gasteiger partial charge on any atom is -0.351 e. The van der Waals surface area contributed by atoms with Crippen molar-refractivity contribution in [3.8, 4) is 0 Å². The van der Waals surface area contributed by atoms with Gasteiger partial charge in [-0.25, -0.2) is 9.97 Å². The summed E-state index contributed by atoms with van der Waals surface area (Å²) in [6, 6.07) is 3.64. The Labute approximate surface area is 140 Å². The number of aromatic nitrogens is 2.